The van der Waals surface area contributed by atoms with Gasteiger partial charge < -0.3 is 18.8 Å². The lowest BCUT2D eigenvalue weighted by molar-refractivity contribution is 0.00578. The quantitative estimate of drug-likeness (QED) is 0.485. The Morgan fingerprint density at radius 1 is 1.19 bits per heavy atom. The molecular formula is C15H20BNO4. The zero-order valence-corrected chi connectivity index (χ0v) is 13.1. The van der Waals surface area contributed by atoms with Crippen LogP contribution in [0.3, 0.4) is 0 Å². The maximum atomic E-state index is 7.15. The fraction of sp³-hybridized carbons (Fsp3) is 0.533. The van der Waals surface area contributed by atoms with E-state index in [2.05, 4.69) is 4.85 Å². The summed E-state index contributed by atoms with van der Waals surface area (Å²) >= 11 is 0. The van der Waals surface area contributed by atoms with E-state index in [1.807, 2.05) is 27.7 Å². The Morgan fingerprint density at radius 2 is 1.81 bits per heavy atom. The normalized spacial score (nSPS) is 19.3. The van der Waals surface area contributed by atoms with Crippen LogP contribution in [0.1, 0.15) is 27.7 Å². The first-order chi connectivity index (χ1) is 9.80. The Hall–Kier alpha value is -1.55. The van der Waals surface area contributed by atoms with Gasteiger partial charge in [0.2, 0.25) is 0 Å². The van der Waals surface area contributed by atoms with Gasteiger partial charge in [0.25, 0.3) is 0 Å². The number of nitrogens with zero attached hydrogens (tertiary/aromatic N) is 1. The summed E-state index contributed by atoms with van der Waals surface area (Å²) in [6, 6.07) is 5.18. The molecular weight excluding hydrogens is 269 g/mol. The van der Waals surface area contributed by atoms with Crippen LogP contribution in [0, 0.1) is 6.57 Å². The molecule has 21 heavy (non-hydrogen) atoms. The van der Waals surface area contributed by atoms with Crippen LogP contribution in [0.2, 0.25) is 0 Å². The van der Waals surface area contributed by atoms with Crippen molar-refractivity contribution < 1.29 is 18.8 Å². The Balaban J connectivity index is 2.36. The third-order valence-electron chi connectivity index (χ3n) is 3.96. The van der Waals surface area contributed by atoms with Crippen molar-refractivity contribution in [1.29, 1.82) is 0 Å². The lowest BCUT2D eigenvalue weighted by Gasteiger charge is -2.32. The Morgan fingerprint density at radius 3 is 2.33 bits per heavy atom. The van der Waals surface area contributed by atoms with E-state index in [4.69, 9.17) is 25.4 Å². The lowest BCUT2D eigenvalue weighted by atomic mass is 9.78. The van der Waals surface area contributed by atoms with Gasteiger partial charge in [-0.15, -0.1) is 0 Å². The molecule has 1 aromatic carbocycles. The smallest absolute Gasteiger partial charge is 0.468 e. The summed E-state index contributed by atoms with van der Waals surface area (Å²) in [6.45, 7) is 15.2. The van der Waals surface area contributed by atoms with E-state index in [0.29, 0.717) is 16.9 Å². The Labute approximate surface area is 126 Å². The third kappa shape index (κ3) is 3.05. The minimum absolute atomic E-state index is 0.129. The molecule has 1 saturated heterocycles. The zero-order valence-electron chi connectivity index (χ0n) is 13.1. The minimum Gasteiger partial charge on any atom is -0.468 e. The van der Waals surface area contributed by atoms with Crippen molar-refractivity contribution in [2.75, 3.05) is 13.9 Å². The van der Waals surface area contributed by atoms with Crippen molar-refractivity contribution in [2.24, 2.45) is 0 Å². The van der Waals surface area contributed by atoms with E-state index in [9.17, 15) is 0 Å². The molecule has 0 atom stereocenters. The number of hydrogen-bond donors (Lipinski definition) is 0. The molecule has 0 bridgehead atoms. The predicted octanol–water partition coefficient (Wildman–Crippen LogP) is 2.52. The maximum absolute atomic E-state index is 7.15. The van der Waals surface area contributed by atoms with E-state index in [1.165, 1.54) is 0 Å². The fourth-order valence-electron chi connectivity index (χ4n) is 2.01. The zero-order chi connectivity index (χ0) is 15.7. The summed E-state index contributed by atoms with van der Waals surface area (Å²) in [5.74, 6) is 0.600. The molecule has 0 N–H and O–H groups in total. The first-order valence-corrected chi connectivity index (χ1v) is 6.79. The highest BCUT2D eigenvalue weighted by Gasteiger charge is 2.52. The molecule has 6 heteroatoms. The Bertz CT molecular complexity index is 549. The van der Waals surface area contributed by atoms with Gasteiger partial charge >= 0.3 is 7.12 Å². The molecule has 0 aromatic heterocycles. The average molecular weight is 289 g/mol. The SMILES string of the molecule is [C-]#[N+]c1ccc(OCOC)c(B2OC(C)(C)C(C)(C)O2)c1. The van der Waals surface area contributed by atoms with E-state index < -0.39 is 18.3 Å². The number of rotatable bonds is 4. The molecule has 0 radical (unpaired) electrons. The summed E-state index contributed by atoms with van der Waals surface area (Å²) in [7, 11) is 0.991. The largest absolute Gasteiger partial charge is 0.497 e. The molecule has 1 fully saturated rings. The summed E-state index contributed by atoms with van der Waals surface area (Å²) < 4.78 is 22.5. The van der Waals surface area contributed by atoms with Crippen LogP contribution in [0.5, 0.6) is 5.75 Å². The topological polar surface area (TPSA) is 41.3 Å². The van der Waals surface area contributed by atoms with Crippen molar-refractivity contribution in [1.82, 2.24) is 0 Å². The molecule has 1 aliphatic rings. The summed E-state index contributed by atoms with van der Waals surface area (Å²) in [4.78, 5) is 3.45. The molecule has 0 unspecified atom stereocenters. The summed E-state index contributed by atoms with van der Waals surface area (Å²) in [5, 5.41) is 0. The van der Waals surface area contributed by atoms with Gasteiger partial charge in [0, 0.05) is 12.6 Å². The molecule has 0 amide bonds. The van der Waals surface area contributed by atoms with Crippen molar-refractivity contribution in [2.45, 2.75) is 38.9 Å². The van der Waals surface area contributed by atoms with Crippen LogP contribution >= 0.6 is 0 Å². The van der Waals surface area contributed by atoms with Gasteiger partial charge in [-0.3, -0.25) is 0 Å². The highest BCUT2D eigenvalue weighted by molar-refractivity contribution is 6.63. The molecule has 112 valence electrons. The first-order valence-electron chi connectivity index (χ1n) is 6.79. The highest BCUT2D eigenvalue weighted by atomic mass is 16.7. The van der Waals surface area contributed by atoms with Crippen molar-refractivity contribution in [3.63, 3.8) is 0 Å². The van der Waals surface area contributed by atoms with E-state index in [1.54, 1.807) is 25.3 Å². The van der Waals surface area contributed by atoms with Gasteiger partial charge in [0.15, 0.2) is 12.5 Å². The maximum Gasteiger partial charge on any atom is 0.497 e. The molecule has 2 rings (SSSR count). The monoisotopic (exact) mass is 289 g/mol. The van der Waals surface area contributed by atoms with E-state index >= 15 is 0 Å². The molecule has 1 aliphatic heterocycles. The number of ether oxygens (including phenoxy) is 2. The average Bonchev–Trinajstić information content (AvgIpc) is 2.65. The molecule has 1 heterocycles. The predicted molar refractivity (Wildman–Crippen MR) is 80.9 cm³/mol. The second kappa shape index (κ2) is 5.68. The van der Waals surface area contributed by atoms with Crippen LogP contribution in [0.4, 0.5) is 5.69 Å². The third-order valence-corrected chi connectivity index (χ3v) is 3.96. The second-order valence-corrected chi connectivity index (χ2v) is 5.97. The standard InChI is InChI=1S/C15H20BNO4/c1-14(2)15(3,4)21-16(20-14)12-9-11(17-5)7-8-13(12)19-10-18-6/h7-9H,10H2,1-4,6H3. The molecule has 0 saturated carbocycles. The second-order valence-electron chi connectivity index (χ2n) is 5.97. The van der Waals surface area contributed by atoms with E-state index in [-0.39, 0.29) is 6.79 Å². The van der Waals surface area contributed by atoms with Gasteiger partial charge in [-0.2, -0.15) is 0 Å². The van der Waals surface area contributed by atoms with Gasteiger partial charge in [0.05, 0.1) is 17.8 Å². The lowest BCUT2D eigenvalue weighted by Crippen LogP contribution is -2.41. The van der Waals surface area contributed by atoms with Gasteiger partial charge in [0.1, 0.15) is 5.75 Å². The number of hydrogen-bond acceptors (Lipinski definition) is 4. The van der Waals surface area contributed by atoms with Crippen LogP contribution in [-0.2, 0) is 14.0 Å². The van der Waals surface area contributed by atoms with Crippen molar-refractivity contribution in [3.8, 4) is 5.75 Å². The Kier molecular flexibility index (Phi) is 4.29. The van der Waals surface area contributed by atoms with E-state index in [0.717, 1.165) is 0 Å². The van der Waals surface area contributed by atoms with Gasteiger partial charge in [-0.25, -0.2) is 4.85 Å². The molecule has 0 spiro atoms. The summed E-state index contributed by atoms with van der Waals surface area (Å²) in [5.41, 5.74) is 0.345. The van der Waals surface area contributed by atoms with Crippen LogP contribution < -0.4 is 10.2 Å². The molecule has 5 nitrogen and oxygen atoms in total. The minimum atomic E-state index is -0.566. The molecule has 0 aliphatic carbocycles. The van der Waals surface area contributed by atoms with Crippen LogP contribution in [0.25, 0.3) is 4.85 Å². The molecule has 1 aromatic rings. The fourth-order valence-corrected chi connectivity index (χ4v) is 2.01. The first kappa shape index (κ1) is 15.8. The van der Waals surface area contributed by atoms with Crippen molar-refractivity contribution in [3.05, 3.63) is 29.6 Å². The van der Waals surface area contributed by atoms with Gasteiger partial charge in [-0.1, -0.05) is 12.1 Å². The summed E-state index contributed by atoms with van der Waals surface area (Å²) in [6.07, 6.45) is 0. The highest BCUT2D eigenvalue weighted by Crippen LogP contribution is 2.37. The number of benzene rings is 1. The van der Waals surface area contributed by atoms with Crippen LogP contribution in [-0.4, -0.2) is 32.2 Å². The number of methoxy groups -OCH3 is 1. The van der Waals surface area contributed by atoms with Crippen LogP contribution in [0.15, 0.2) is 18.2 Å². The van der Waals surface area contributed by atoms with Gasteiger partial charge in [-0.05, 0) is 33.8 Å². The van der Waals surface area contributed by atoms with Crippen molar-refractivity contribution >= 4 is 18.3 Å².